The van der Waals surface area contributed by atoms with Crippen LogP contribution in [0.5, 0.6) is 0 Å². The number of rotatable bonds is 5. The van der Waals surface area contributed by atoms with E-state index in [2.05, 4.69) is 31.3 Å². The average molecular weight is 214 g/mol. The van der Waals surface area contributed by atoms with Crippen LogP contribution in [0.3, 0.4) is 0 Å². The highest BCUT2D eigenvalue weighted by Crippen LogP contribution is 1.89. The molecule has 1 aliphatic rings. The number of nitrogens with one attached hydrogen (secondary N) is 4. The molecule has 0 aromatic heterocycles. The summed E-state index contributed by atoms with van der Waals surface area (Å²) in [5.74, 6) is 1.42. The summed E-state index contributed by atoms with van der Waals surface area (Å²) >= 11 is 0. The molecule has 5 N–H and O–H groups in total. The molecule has 0 aromatic carbocycles. The van der Waals surface area contributed by atoms with Gasteiger partial charge in [0.25, 0.3) is 0 Å². The van der Waals surface area contributed by atoms with Crippen LogP contribution >= 0.6 is 0 Å². The van der Waals surface area contributed by atoms with Crippen LogP contribution in [0.2, 0.25) is 0 Å². The third kappa shape index (κ3) is 4.24. The summed E-state index contributed by atoms with van der Waals surface area (Å²) in [6.45, 7) is 2.93. The van der Waals surface area contributed by atoms with Gasteiger partial charge < -0.3 is 21.1 Å². The van der Waals surface area contributed by atoms with Gasteiger partial charge in [0.15, 0.2) is 12.2 Å². The van der Waals surface area contributed by atoms with Crippen LogP contribution in [0, 0.1) is 0 Å². The third-order valence-corrected chi connectivity index (χ3v) is 1.74. The predicted molar refractivity (Wildman–Crippen MR) is 59.6 cm³/mol. The van der Waals surface area contributed by atoms with Crippen LogP contribution in [0.25, 0.3) is 0 Å². The first-order chi connectivity index (χ1) is 7.26. The summed E-state index contributed by atoms with van der Waals surface area (Å²) in [6, 6.07) is 0. The molecule has 1 atom stereocenters. The first-order valence-electron chi connectivity index (χ1n) is 4.87. The zero-order chi connectivity index (χ0) is 11.1. The van der Waals surface area contributed by atoms with Crippen LogP contribution in [-0.4, -0.2) is 50.1 Å². The van der Waals surface area contributed by atoms with E-state index in [4.69, 9.17) is 5.11 Å². The van der Waals surface area contributed by atoms with Crippen molar-refractivity contribution in [1.29, 1.82) is 0 Å². The summed E-state index contributed by atoms with van der Waals surface area (Å²) in [6.07, 6.45) is -0.184. The maximum atomic E-state index is 8.65. The largest absolute Gasteiger partial charge is 0.394 e. The van der Waals surface area contributed by atoms with E-state index >= 15 is 0 Å². The Morgan fingerprint density at radius 2 is 2.40 bits per heavy atom. The molecule has 0 aliphatic carbocycles. The number of nitrogens with zero attached hydrogens (tertiary/aromatic N) is 2. The van der Waals surface area contributed by atoms with Crippen molar-refractivity contribution in [2.24, 2.45) is 9.98 Å². The highest BCUT2D eigenvalue weighted by atomic mass is 16.3. The van der Waals surface area contributed by atoms with Crippen molar-refractivity contribution in [2.45, 2.75) is 13.2 Å². The van der Waals surface area contributed by atoms with E-state index in [-0.39, 0.29) is 12.9 Å². The number of amidine groups is 1. The second kappa shape index (κ2) is 6.33. The molecular formula is C8H18N6O. The zero-order valence-electron chi connectivity index (χ0n) is 9.04. The fraction of sp³-hybridized carbons (Fsp3) is 0.750. The van der Waals surface area contributed by atoms with E-state index in [1.165, 1.54) is 0 Å². The standard InChI is InChI=1S/C8H18N6O/c1-6-12-7(10-3-4-15)14-8(13-6)11-5-9-2/h8-9,11,15H,3-5H2,1-2H3,(H2,10,12,13,14). The predicted octanol–water partition coefficient (Wildman–Crippen LogP) is -2.00. The van der Waals surface area contributed by atoms with Crippen molar-refractivity contribution in [3.8, 4) is 0 Å². The minimum absolute atomic E-state index is 0.0393. The quantitative estimate of drug-likeness (QED) is 0.341. The van der Waals surface area contributed by atoms with Gasteiger partial charge in [-0.3, -0.25) is 10.3 Å². The Morgan fingerprint density at radius 3 is 3.07 bits per heavy atom. The second-order valence-electron chi connectivity index (χ2n) is 3.07. The Kier molecular flexibility index (Phi) is 5.02. The molecule has 0 spiro atoms. The zero-order valence-corrected chi connectivity index (χ0v) is 9.04. The van der Waals surface area contributed by atoms with Crippen LogP contribution in [-0.2, 0) is 0 Å². The molecule has 0 radical (unpaired) electrons. The van der Waals surface area contributed by atoms with E-state index in [0.29, 0.717) is 19.2 Å². The molecule has 0 saturated heterocycles. The fourth-order valence-electron chi connectivity index (χ4n) is 1.14. The van der Waals surface area contributed by atoms with Gasteiger partial charge in [-0.25, -0.2) is 4.99 Å². The van der Waals surface area contributed by atoms with Gasteiger partial charge in [-0.05, 0) is 14.0 Å². The molecule has 7 heteroatoms. The van der Waals surface area contributed by atoms with Gasteiger partial charge in [-0.2, -0.15) is 0 Å². The van der Waals surface area contributed by atoms with Gasteiger partial charge in [0.2, 0.25) is 0 Å². The van der Waals surface area contributed by atoms with Crippen molar-refractivity contribution >= 4 is 11.8 Å². The highest BCUT2D eigenvalue weighted by Gasteiger charge is 2.14. The first-order valence-corrected chi connectivity index (χ1v) is 4.87. The summed E-state index contributed by atoms with van der Waals surface area (Å²) in [4.78, 5) is 8.39. The maximum Gasteiger partial charge on any atom is 0.199 e. The molecule has 0 fully saturated rings. The normalized spacial score (nSPS) is 23.3. The number of hydrogen-bond acceptors (Lipinski definition) is 5. The van der Waals surface area contributed by atoms with Crippen molar-refractivity contribution in [1.82, 2.24) is 21.3 Å². The number of aliphatic imine (C=N–C) groups is 2. The van der Waals surface area contributed by atoms with Crippen molar-refractivity contribution in [3.05, 3.63) is 0 Å². The monoisotopic (exact) mass is 214 g/mol. The van der Waals surface area contributed by atoms with Gasteiger partial charge in [0.05, 0.1) is 13.2 Å². The average Bonchev–Trinajstić information content (AvgIpc) is 2.23. The topological polar surface area (TPSA) is 93.1 Å². The molecule has 86 valence electrons. The van der Waals surface area contributed by atoms with Gasteiger partial charge in [0.1, 0.15) is 5.84 Å². The van der Waals surface area contributed by atoms with Gasteiger partial charge in [-0.15, -0.1) is 0 Å². The van der Waals surface area contributed by atoms with Gasteiger partial charge in [-0.1, -0.05) is 0 Å². The van der Waals surface area contributed by atoms with E-state index in [1.54, 1.807) is 0 Å². The molecule has 1 unspecified atom stereocenters. The number of aliphatic hydroxyl groups excluding tert-OH is 1. The number of guanidine groups is 1. The molecule has 1 aliphatic heterocycles. The molecule has 1 rings (SSSR count). The van der Waals surface area contributed by atoms with Gasteiger partial charge in [0, 0.05) is 6.67 Å². The smallest absolute Gasteiger partial charge is 0.199 e. The van der Waals surface area contributed by atoms with E-state index in [0.717, 1.165) is 5.84 Å². The van der Waals surface area contributed by atoms with Crippen LogP contribution < -0.4 is 21.3 Å². The Labute approximate surface area is 89.1 Å². The van der Waals surface area contributed by atoms with Crippen LogP contribution in [0.15, 0.2) is 9.98 Å². The molecule has 0 saturated carbocycles. The van der Waals surface area contributed by atoms with Crippen LogP contribution in [0.4, 0.5) is 0 Å². The summed E-state index contributed by atoms with van der Waals surface area (Å²) < 4.78 is 0. The number of aliphatic hydroxyl groups is 1. The van der Waals surface area contributed by atoms with Crippen LogP contribution in [0.1, 0.15) is 6.92 Å². The lowest BCUT2D eigenvalue weighted by Gasteiger charge is -2.24. The molecular weight excluding hydrogens is 196 g/mol. The summed E-state index contributed by atoms with van der Waals surface area (Å²) in [5, 5.41) is 20.8. The lowest BCUT2D eigenvalue weighted by Crippen LogP contribution is -2.56. The van der Waals surface area contributed by atoms with E-state index in [1.807, 2.05) is 14.0 Å². The SMILES string of the molecule is CNCNC1N=C(C)NC(=NCCO)N1. The lowest BCUT2D eigenvalue weighted by molar-refractivity contribution is 0.306. The molecule has 7 nitrogen and oxygen atoms in total. The Hall–Kier alpha value is -1.18. The molecule has 15 heavy (non-hydrogen) atoms. The lowest BCUT2D eigenvalue weighted by atomic mass is 10.5. The van der Waals surface area contributed by atoms with Gasteiger partial charge >= 0.3 is 0 Å². The van der Waals surface area contributed by atoms with E-state index in [9.17, 15) is 0 Å². The van der Waals surface area contributed by atoms with Crippen molar-refractivity contribution in [2.75, 3.05) is 26.9 Å². The Bertz CT molecular complexity index is 252. The first kappa shape index (κ1) is 11.9. The van der Waals surface area contributed by atoms with Crippen molar-refractivity contribution < 1.29 is 5.11 Å². The summed E-state index contributed by atoms with van der Waals surface area (Å²) in [5.41, 5.74) is 0. The van der Waals surface area contributed by atoms with Crippen molar-refractivity contribution in [3.63, 3.8) is 0 Å². The molecule has 0 amide bonds. The molecule has 1 heterocycles. The highest BCUT2D eigenvalue weighted by molar-refractivity contribution is 6.00. The Morgan fingerprint density at radius 1 is 1.60 bits per heavy atom. The fourth-order valence-corrected chi connectivity index (χ4v) is 1.14. The Balaban J connectivity index is 2.50. The summed E-state index contributed by atoms with van der Waals surface area (Å²) in [7, 11) is 1.85. The number of hydrogen-bond donors (Lipinski definition) is 5. The molecule has 0 aromatic rings. The second-order valence-corrected chi connectivity index (χ2v) is 3.07. The minimum Gasteiger partial charge on any atom is -0.394 e. The third-order valence-electron chi connectivity index (χ3n) is 1.74. The minimum atomic E-state index is -0.184. The maximum absolute atomic E-state index is 8.65. The molecule has 0 bridgehead atoms. The van der Waals surface area contributed by atoms with E-state index < -0.39 is 0 Å².